The van der Waals surface area contributed by atoms with Crippen LogP contribution in [0.25, 0.3) is 21.3 Å². The summed E-state index contributed by atoms with van der Waals surface area (Å²) in [6.07, 6.45) is 2.52. The lowest BCUT2D eigenvalue weighted by atomic mass is 9.97. The van der Waals surface area contributed by atoms with Crippen LogP contribution in [0.5, 0.6) is 11.5 Å². The van der Waals surface area contributed by atoms with E-state index >= 15 is 0 Å². The number of nitrogens with one attached hydrogen (secondary N) is 1. The average Bonchev–Trinajstić information content (AvgIpc) is 3.29. The van der Waals surface area contributed by atoms with Gasteiger partial charge >= 0.3 is 0 Å². The number of aromatic nitrogens is 1. The molecule has 0 saturated heterocycles. The maximum absolute atomic E-state index is 6.05. The Morgan fingerprint density at radius 3 is 2.56 bits per heavy atom. The van der Waals surface area contributed by atoms with Gasteiger partial charge in [-0.05, 0) is 59.9 Å². The summed E-state index contributed by atoms with van der Waals surface area (Å²) >= 11 is 1.65. The maximum Gasteiger partial charge on any atom is 0.136 e. The highest BCUT2D eigenvalue weighted by atomic mass is 32.1. The van der Waals surface area contributed by atoms with Gasteiger partial charge in [-0.3, -0.25) is 0 Å². The van der Waals surface area contributed by atoms with Crippen LogP contribution in [-0.2, 0) is 6.61 Å². The fourth-order valence-corrected chi connectivity index (χ4v) is 4.82. The molecule has 0 amide bonds. The lowest BCUT2D eigenvalue weighted by Crippen LogP contribution is -2.32. The first-order chi connectivity index (χ1) is 16.5. The third kappa shape index (κ3) is 5.13. The molecular weight excluding hydrogens is 446 g/mol. The smallest absolute Gasteiger partial charge is 0.136 e. The fraction of sp³-hybridized carbons (Fsp3) is 0.231. The Hall–Kier alpha value is -3.62. The summed E-state index contributed by atoms with van der Waals surface area (Å²) in [6, 6.07) is 16.4. The molecule has 4 rings (SSSR count). The van der Waals surface area contributed by atoms with Crippen molar-refractivity contribution in [2.45, 2.75) is 32.8 Å². The lowest BCUT2D eigenvalue weighted by molar-refractivity contribution is 0.306. The monoisotopic (exact) mass is 475 g/mol. The maximum atomic E-state index is 6.05. The number of hydrazine groups is 1. The third-order valence-corrected chi connectivity index (χ3v) is 6.79. The molecular formula is C26H29N5O2S. The summed E-state index contributed by atoms with van der Waals surface area (Å²) in [5.41, 5.74) is 8.24. The molecule has 2 aromatic heterocycles. The highest BCUT2D eigenvalue weighted by Crippen LogP contribution is 2.36. The van der Waals surface area contributed by atoms with Crippen LogP contribution in [0.15, 0.2) is 65.2 Å². The molecule has 34 heavy (non-hydrogen) atoms. The van der Waals surface area contributed by atoms with E-state index in [0.29, 0.717) is 18.9 Å². The summed E-state index contributed by atoms with van der Waals surface area (Å²) in [4.78, 5) is 5.67. The molecule has 8 heteroatoms. The van der Waals surface area contributed by atoms with E-state index in [9.17, 15) is 0 Å². The van der Waals surface area contributed by atoms with Crippen LogP contribution in [0, 0.1) is 6.92 Å². The standard InChI is InChI=1S/C26H29N5O2S/c1-16(11-25(30-27)31-28)19-4-6-20(7-5-19)33-14-18-12-23-24(15-34-26(23)29-13-18)22-9-8-21(32-3)10-17(22)2/h4-10,12-13,15-16H,11,14,27-28H2,1-3H3,(H,30,31). The van der Waals surface area contributed by atoms with Gasteiger partial charge in [0.2, 0.25) is 0 Å². The zero-order valence-electron chi connectivity index (χ0n) is 19.5. The summed E-state index contributed by atoms with van der Waals surface area (Å²) in [5.74, 6) is 13.2. The van der Waals surface area contributed by atoms with E-state index in [4.69, 9.17) is 21.2 Å². The third-order valence-electron chi connectivity index (χ3n) is 5.89. The van der Waals surface area contributed by atoms with Gasteiger partial charge in [0.1, 0.15) is 28.8 Å². The minimum atomic E-state index is 0.220. The minimum Gasteiger partial charge on any atom is -0.497 e. The topological polar surface area (TPSA) is 108 Å². The fourth-order valence-electron chi connectivity index (χ4n) is 3.93. The highest BCUT2D eigenvalue weighted by Gasteiger charge is 2.12. The van der Waals surface area contributed by atoms with Gasteiger partial charge in [-0.2, -0.15) is 5.10 Å². The SMILES string of the molecule is COc1ccc(-c2csc3ncc(COc4ccc(C(C)C/C(=N/N)NN)cc4)cc23)c(C)c1. The van der Waals surface area contributed by atoms with Crippen LogP contribution in [0.3, 0.4) is 0 Å². The number of benzene rings is 2. The second-order valence-electron chi connectivity index (χ2n) is 8.21. The van der Waals surface area contributed by atoms with E-state index in [-0.39, 0.29) is 5.92 Å². The first-order valence-corrected chi connectivity index (χ1v) is 11.9. The van der Waals surface area contributed by atoms with Gasteiger partial charge < -0.3 is 20.7 Å². The first kappa shape index (κ1) is 23.5. The molecule has 5 N–H and O–H groups in total. The van der Waals surface area contributed by atoms with Crippen LogP contribution >= 0.6 is 11.3 Å². The number of pyridine rings is 1. The Balaban J connectivity index is 1.47. The zero-order valence-corrected chi connectivity index (χ0v) is 20.4. The molecule has 2 heterocycles. The molecule has 0 radical (unpaired) electrons. The van der Waals surface area contributed by atoms with E-state index in [1.54, 1.807) is 18.4 Å². The number of nitrogens with two attached hydrogens (primary N) is 2. The van der Waals surface area contributed by atoms with Gasteiger partial charge in [0.25, 0.3) is 0 Å². The summed E-state index contributed by atoms with van der Waals surface area (Å²) in [6.45, 7) is 4.64. The van der Waals surface area contributed by atoms with Crippen molar-refractivity contribution in [3.63, 3.8) is 0 Å². The molecule has 0 spiro atoms. The number of thiophene rings is 1. The van der Waals surface area contributed by atoms with Crippen LogP contribution in [0.4, 0.5) is 0 Å². The number of hydrazone groups is 1. The summed E-state index contributed by atoms with van der Waals surface area (Å²) in [5, 5.41) is 6.95. The number of aryl methyl sites for hydroxylation is 1. The van der Waals surface area contributed by atoms with E-state index in [2.05, 4.69) is 65.1 Å². The van der Waals surface area contributed by atoms with Crippen molar-refractivity contribution in [3.05, 3.63) is 76.8 Å². The Bertz CT molecular complexity index is 1300. The minimum absolute atomic E-state index is 0.220. The molecule has 1 atom stereocenters. The van der Waals surface area contributed by atoms with Gasteiger partial charge in [0, 0.05) is 34.5 Å². The van der Waals surface area contributed by atoms with Crippen LogP contribution in [0.2, 0.25) is 0 Å². The number of hydrogen-bond donors (Lipinski definition) is 3. The Labute approximate surface area is 203 Å². The van der Waals surface area contributed by atoms with Crippen molar-refractivity contribution < 1.29 is 9.47 Å². The largest absolute Gasteiger partial charge is 0.497 e. The van der Waals surface area contributed by atoms with E-state index < -0.39 is 0 Å². The molecule has 1 unspecified atom stereocenters. The number of rotatable bonds is 8. The van der Waals surface area contributed by atoms with Crippen molar-refractivity contribution >= 4 is 27.4 Å². The second kappa shape index (κ2) is 10.5. The summed E-state index contributed by atoms with van der Waals surface area (Å²) in [7, 11) is 1.69. The van der Waals surface area contributed by atoms with E-state index in [1.807, 2.05) is 24.4 Å². The van der Waals surface area contributed by atoms with E-state index in [0.717, 1.165) is 32.8 Å². The predicted octanol–water partition coefficient (Wildman–Crippen LogP) is 5.09. The first-order valence-electron chi connectivity index (χ1n) is 11.0. The van der Waals surface area contributed by atoms with Crippen molar-refractivity contribution in [3.8, 4) is 22.6 Å². The van der Waals surface area contributed by atoms with Crippen molar-refractivity contribution in [1.29, 1.82) is 0 Å². The number of hydrogen-bond acceptors (Lipinski definition) is 7. The molecule has 0 aliphatic heterocycles. The number of ether oxygens (including phenoxy) is 2. The Kier molecular flexibility index (Phi) is 7.30. The molecule has 2 aromatic carbocycles. The number of fused-ring (bicyclic) bond motifs is 1. The number of nitrogens with zero attached hydrogens (tertiary/aromatic N) is 2. The second-order valence-corrected chi connectivity index (χ2v) is 9.07. The van der Waals surface area contributed by atoms with Crippen molar-refractivity contribution in [2.24, 2.45) is 16.8 Å². The molecule has 0 fully saturated rings. The quantitative estimate of drug-likeness (QED) is 0.142. The van der Waals surface area contributed by atoms with Crippen molar-refractivity contribution in [1.82, 2.24) is 10.4 Å². The van der Waals surface area contributed by atoms with E-state index in [1.165, 1.54) is 16.7 Å². The summed E-state index contributed by atoms with van der Waals surface area (Å²) < 4.78 is 11.4. The molecule has 0 aliphatic rings. The lowest BCUT2D eigenvalue weighted by Gasteiger charge is -2.14. The van der Waals surface area contributed by atoms with Gasteiger partial charge in [-0.25, -0.2) is 10.8 Å². The molecule has 0 aliphatic carbocycles. The molecule has 0 saturated carbocycles. The average molecular weight is 476 g/mol. The van der Waals surface area contributed by atoms with Gasteiger partial charge in [0.15, 0.2) is 0 Å². The Morgan fingerprint density at radius 1 is 1.12 bits per heavy atom. The van der Waals surface area contributed by atoms with Crippen LogP contribution < -0.4 is 26.6 Å². The van der Waals surface area contributed by atoms with Crippen LogP contribution in [0.1, 0.15) is 36.0 Å². The normalized spacial score (nSPS) is 12.5. The van der Waals surface area contributed by atoms with Crippen LogP contribution in [-0.4, -0.2) is 17.9 Å². The number of amidine groups is 1. The van der Waals surface area contributed by atoms with Gasteiger partial charge in [0.05, 0.1) is 7.11 Å². The Morgan fingerprint density at radius 2 is 1.88 bits per heavy atom. The van der Waals surface area contributed by atoms with Gasteiger partial charge in [-0.15, -0.1) is 11.3 Å². The molecule has 0 bridgehead atoms. The van der Waals surface area contributed by atoms with Crippen molar-refractivity contribution in [2.75, 3.05) is 7.11 Å². The molecule has 7 nitrogen and oxygen atoms in total. The predicted molar refractivity (Wildman–Crippen MR) is 139 cm³/mol. The highest BCUT2D eigenvalue weighted by molar-refractivity contribution is 7.17. The molecule has 176 valence electrons. The molecule has 4 aromatic rings. The van der Waals surface area contributed by atoms with Gasteiger partial charge in [-0.1, -0.05) is 25.1 Å². The number of methoxy groups -OCH3 is 1. The zero-order chi connectivity index (χ0) is 24.1.